The number of nitrogens with one attached hydrogen (secondary N) is 2. The van der Waals surface area contributed by atoms with E-state index in [1.54, 1.807) is 13.0 Å². The van der Waals surface area contributed by atoms with Crippen LogP contribution in [0.25, 0.3) is 0 Å². The van der Waals surface area contributed by atoms with E-state index in [0.717, 1.165) is 12.1 Å². The SMILES string of the molecule is Cc1cc(CNC(=S)Nc2cccc(C(F)(F)F)c2)no1. The van der Waals surface area contributed by atoms with Gasteiger partial charge in [-0.3, -0.25) is 0 Å². The normalized spacial score (nSPS) is 11.2. The number of benzene rings is 1. The number of rotatable bonds is 3. The van der Waals surface area contributed by atoms with Gasteiger partial charge in [0.25, 0.3) is 0 Å². The van der Waals surface area contributed by atoms with E-state index in [1.807, 2.05) is 0 Å². The second-order valence-corrected chi connectivity index (χ2v) is 4.72. The molecule has 2 aromatic rings. The van der Waals surface area contributed by atoms with Crippen molar-refractivity contribution in [2.24, 2.45) is 0 Å². The maximum atomic E-state index is 12.6. The second-order valence-electron chi connectivity index (χ2n) is 4.32. The third-order valence-electron chi connectivity index (χ3n) is 2.55. The number of aromatic nitrogens is 1. The quantitative estimate of drug-likeness (QED) is 0.849. The van der Waals surface area contributed by atoms with Crippen molar-refractivity contribution >= 4 is 23.0 Å². The fraction of sp³-hybridized carbons (Fsp3) is 0.231. The average Bonchev–Trinajstić information content (AvgIpc) is 2.82. The molecule has 0 bridgehead atoms. The number of halogens is 3. The van der Waals surface area contributed by atoms with E-state index in [4.69, 9.17) is 16.7 Å². The Bertz CT molecular complexity index is 640. The molecule has 0 amide bonds. The summed E-state index contributed by atoms with van der Waals surface area (Å²) in [6.07, 6.45) is -4.38. The van der Waals surface area contributed by atoms with Crippen LogP contribution in [0, 0.1) is 6.92 Å². The first-order valence-corrected chi connectivity index (χ1v) is 6.40. The first-order chi connectivity index (χ1) is 9.84. The first kappa shape index (κ1) is 15.3. The predicted octanol–water partition coefficient (Wildman–Crippen LogP) is 3.49. The number of alkyl halides is 3. The minimum absolute atomic E-state index is 0.204. The number of hydrogen-bond acceptors (Lipinski definition) is 3. The summed E-state index contributed by atoms with van der Waals surface area (Å²) < 4.78 is 42.6. The summed E-state index contributed by atoms with van der Waals surface area (Å²) in [4.78, 5) is 0. The number of nitrogens with zero attached hydrogens (tertiary/aromatic N) is 1. The Morgan fingerprint density at radius 2 is 2.10 bits per heavy atom. The third-order valence-corrected chi connectivity index (χ3v) is 2.80. The monoisotopic (exact) mass is 315 g/mol. The van der Waals surface area contributed by atoms with Crippen LogP contribution in [-0.2, 0) is 12.7 Å². The van der Waals surface area contributed by atoms with Crippen LogP contribution in [-0.4, -0.2) is 10.3 Å². The molecular formula is C13H12F3N3OS. The highest BCUT2D eigenvalue weighted by Crippen LogP contribution is 2.30. The molecule has 1 aromatic heterocycles. The number of aryl methyl sites for hydroxylation is 1. The molecule has 2 N–H and O–H groups in total. The zero-order valence-electron chi connectivity index (χ0n) is 11.0. The first-order valence-electron chi connectivity index (χ1n) is 5.99. The Morgan fingerprint density at radius 3 is 2.71 bits per heavy atom. The minimum atomic E-state index is -4.38. The van der Waals surface area contributed by atoms with Gasteiger partial charge in [-0.1, -0.05) is 11.2 Å². The van der Waals surface area contributed by atoms with Gasteiger partial charge in [-0.15, -0.1) is 0 Å². The van der Waals surface area contributed by atoms with Gasteiger partial charge >= 0.3 is 6.18 Å². The Hall–Kier alpha value is -2.09. The van der Waals surface area contributed by atoms with Gasteiger partial charge in [-0.05, 0) is 37.3 Å². The highest BCUT2D eigenvalue weighted by atomic mass is 32.1. The standard InChI is InChI=1S/C13H12F3N3OS/c1-8-5-11(19-20-8)7-17-12(21)18-10-4-2-3-9(6-10)13(14,15)16/h2-6H,7H2,1H3,(H2,17,18,21). The molecule has 21 heavy (non-hydrogen) atoms. The molecule has 0 aliphatic heterocycles. The van der Waals surface area contributed by atoms with E-state index in [0.29, 0.717) is 18.0 Å². The molecule has 0 radical (unpaired) electrons. The smallest absolute Gasteiger partial charge is 0.361 e. The van der Waals surface area contributed by atoms with Crippen molar-refractivity contribution < 1.29 is 17.7 Å². The van der Waals surface area contributed by atoms with Gasteiger partial charge in [0.15, 0.2) is 5.11 Å². The molecule has 0 unspecified atom stereocenters. The van der Waals surface area contributed by atoms with E-state index >= 15 is 0 Å². The van der Waals surface area contributed by atoms with Crippen LogP contribution in [0.15, 0.2) is 34.9 Å². The lowest BCUT2D eigenvalue weighted by molar-refractivity contribution is -0.137. The number of thiocarbonyl (C=S) groups is 1. The zero-order valence-corrected chi connectivity index (χ0v) is 11.8. The number of anilines is 1. The summed E-state index contributed by atoms with van der Waals surface area (Å²) in [5, 5.41) is 9.50. The molecule has 0 saturated heterocycles. The molecule has 0 aliphatic rings. The van der Waals surface area contributed by atoms with Gasteiger partial charge in [-0.2, -0.15) is 13.2 Å². The molecule has 1 heterocycles. The molecule has 4 nitrogen and oxygen atoms in total. The van der Waals surface area contributed by atoms with Crippen LogP contribution in [0.2, 0.25) is 0 Å². The summed E-state index contributed by atoms with van der Waals surface area (Å²) in [7, 11) is 0. The van der Waals surface area contributed by atoms with E-state index in [-0.39, 0.29) is 10.8 Å². The summed E-state index contributed by atoms with van der Waals surface area (Å²) in [5.74, 6) is 0.670. The average molecular weight is 315 g/mol. The van der Waals surface area contributed by atoms with Crippen LogP contribution in [0.1, 0.15) is 17.0 Å². The van der Waals surface area contributed by atoms with Crippen LogP contribution >= 0.6 is 12.2 Å². The van der Waals surface area contributed by atoms with Gasteiger partial charge in [-0.25, -0.2) is 0 Å². The third kappa shape index (κ3) is 4.45. The molecular weight excluding hydrogens is 303 g/mol. The topological polar surface area (TPSA) is 50.1 Å². The zero-order chi connectivity index (χ0) is 15.5. The fourth-order valence-electron chi connectivity index (χ4n) is 1.62. The maximum Gasteiger partial charge on any atom is 0.416 e. The summed E-state index contributed by atoms with van der Waals surface area (Å²) in [6.45, 7) is 2.08. The molecule has 0 aliphatic carbocycles. The summed E-state index contributed by atoms with van der Waals surface area (Å²) in [6, 6.07) is 6.55. The van der Waals surface area contributed by atoms with Gasteiger partial charge in [0, 0.05) is 11.8 Å². The van der Waals surface area contributed by atoms with Crippen molar-refractivity contribution in [2.75, 3.05) is 5.32 Å². The van der Waals surface area contributed by atoms with E-state index in [1.165, 1.54) is 12.1 Å². The predicted molar refractivity (Wildman–Crippen MR) is 75.7 cm³/mol. The van der Waals surface area contributed by atoms with Crippen molar-refractivity contribution in [1.29, 1.82) is 0 Å². The Balaban J connectivity index is 1.93. The lowest BCUT2D eigenvalue weighted by atomic mass is 10.2. The molecule has 1 aromatic carbocycles. The van der Waals surface area contributed by atoms with E-state index in [9.17, 15) is 13.2 Å². The lowest BCUT2D eigenvalue weighted by Crippen LogP contribution is -2.28. The van der Waals surface area contributed by atoms with Gasteiger partial charge in [0.1, 0.15) is 11.5 Å². The summed E-state index contributed by atoms with van der Waals surface area (Å²) >= 11 is 5.02. The van der Waals surface area contributed by atoms with E-state index in [2.05, 4.69) is 15.8 Å². The minimum Gasteiger partial charge on any atom is -0.361 e. The highest BCUT2D eigenvalue weighted by molar-refractivity contribution is 7.80. The van der Waals surface area contributed by atoms with Crippen molar-refractivity contribution in [3.63, 3.8) is 0 Å². The van der Waals surface area contributed by atoms with Crippen molar-refractivity contribution in [3.05, 3.63) is 47.3 Å². The Labute approximate surface area is 124 Å². The van der Waals surface area contributed by atoms with Crippen LogP contribution < -0.4 is 10.6 Å². The Morgan fingerprint density at radius 1 is 1.33 bits per heavy atom. The summed E-state index contributed by atoms with van der Waals surface area (Å²) in [5.41, 5.74) is 0.182. The van der Waals surface area contributed by atoms with Crippen LogP contribution in [0.5, 0.6) is 0 Å². The van der Waals surface area contributed by atoms with Crippen LogP contribution in [0.4, 0.5) is 18.9 Å². The largest absolute Gasteiger partial charge is 0.416 e. The molecule has 0 fully saturated rings. The van der Waals surface area contributed by atoms with Crippen molar-refractivity contribution in [1.82, 2.24) is 10.5 Å². The fourth-order valence-corrected chi connectivity index (χ4v) is 1.81. The van der Waals surface area contributed by atoms with E-state index < -0.39 is 11.7 Å². The molecule has 0 atom stereocenters. The van der Waals surface area contributed by atoms with Gasteiger partial charge in [0.2, 0.25) is 0 Å². The maximum absolute atomic E-state index is 12.6. The van der Waals surface area contributed by atoms with Gasteiger partial charge in [0.05, 0.1) is 12.1 Å². The molecule has 0 saturated carbocycles. The lowest BCUT2D eigenvalue weighted by Gasteiger charge is -2.12. The molecule has 2 rings (SSSR count). The van der Waals surface area contributed by atoms with Crippen molar-refractivity contribution in [2.45, 2.75) is 19.6 Å². The van der Waals surface area contributed by atoms with Gasteiger partial charge < -0.3 is 15.2 Å². The molecule has 112 valence electrons. The van der Waals surface area contributed by atoms with Crippen molar-refractivity contribution in [3.8, 4) is 0 Å². The Kier molecular flexibility index (Phi) is 4.46. The molecule has 8 heteroatoms. The molecule has 0 spiro atoms. The number of hydrogen-bond donors (Lipinski definition) is 2. The highest BCUT2D eigenvalue weighted by Gasteiger charge is 2.30. The van der Waals surface area contributed by atoms with Crippen LogP contribution in [0.3, 0.4) is 0 Å². The second kappa shape index (κ2) is 6.13.